The molecule has 0 amide bonds. The molecule has 0 bridgehead atoms. The number of ether oxygens (including phenoxy) is 4. The van der Waals surface area contributed by atoms with Crippen molar-refractivity contribution in [3.8, 4) is 0 Å². The summed E-state index contributed by atoms with van der Waals surface area (Å²) < 4.78 is 119. The number of H-pyrrole nitrogens is 1. The van der Waals surface area contributed by atoms with Crippen LogP contribution < -0.4 is 34.1 Å². The van der Waals surface area contributed by atoms with Gasteiger partial charge in [0.05, 0.1) is 39.1 Å². The Morgan fingerprint density at radius 2 is 1.01 bits per heavy atom. The van der Waals surface area contributed by atoms with E-state index in [1.807, 2.05) is 0 Å². The monoisotopic (exact) mass is 1240 g/mol. The third kappa shape index (κ3) is 13.3. The van der Waals surface area contributed by atoms with E-state index in [1.165, 1.54) is 41.0 Å². The standard InChI is InChI=1S/C39H51N15O24P4/c1-17-8-52(39(58)50-37(17)56)28-5-19(75-79(59,60)61)23(72-28)10-68-81(64,65)77-21-7-30(54-16-48-32-34(42)44-14-46-36(32)54)74-25(21)12-70-82(66,67)78-20-6-29(53-15-47-31-33(41)43-13-45-35(31)53)73-24(20)11-69-80(62,63)76-18-4-27(71-22(18)9-55)51-3-2-26(40)49-38(51)57/h2-3,8,13-16,18-25,27-30,55H,4-7,9-12H2,1H3,(H,62,63)(H,64,65)(H,66,67)(H2,40,49,57)(H2,41,43,45)(H2,42,44,46)(H,50,56,58)(H2,59,60,61)/t18-,19-,20-,21-,22+,23+,24+,25+,27+,28+,29+,30+/m0/s1. The quantitative estimate of drug-likeness (QED) is 0.0352. The zero-order valence-corrected chi connectivity index (χ0v) is 45.7. The summed E-state index contributed by atoms with van der Waals surface area (Å²) in [7, 11) is -21.2. The molecule has 6 aromatic rings. The molecule has 0 radical (unpaired) electrons. The Morgan fingerprint density at radius 3 is 1.45 bits per heavy atom. The fourth-order valence-electron chi connectivity index (χ4n) is 9.43. The molecule has 13 N–H and O–H groups in total. The summed E-state index contributed by atoms with van der Waals surface area (Å²) in [6, 6.07) is 1.31. The number of aliphatic hydroxyl groups is 1. The molecule has 43 heteroatoms. The summed E-state index contributed by atoms with van der Waals surface area (Å²) in [5.41, 5.74) is 15.7. The number of aliphatic hydroxyl groups excluding tert-OH is 1. The number of nitrogen functional groups attached to an aromatic ring is 3. The van der Waals surface area contributed by atoms with Crippen LogP contribution in [-0.2, 0) is 68.9 Å². The lowest BCUT2D eigenvalue weighted by Crippen LogP contribution is -2.33. The Hall–Kier alpha value is -5.70. The number of nitrogens with one attached hydrogen (secondary N) is 1. The lowest BCUT2D eigenvalue weighted by Gasteiger charge is -2.25. The second kappa shape index (κ2) is 23.4. The highest BCUT2D eigenvalue weighted by Crippen LogP contribution is 2.54. The van der Waals surface area contributed by atoms with Gasteiger partial charge in [0.15, 0.2) is 22.9 Å². The summed E-state index contributed by atoms with van der Waals surface area (Å²) in [6.07, 6.45) is -10.8. The molecule has 82 heavy (non-hydrogen) atoms. The number of aryl methyl sites for hydroxylation is 1. The number of aromatic amines is 1. The van der Waals surface area contributed by atoms with Crippen LogP contribution in [0, 0.1) is 6.92 Å². The number of nitrogens with zero attached hydrogens (tertiary/aromatic N) is 11. The van der Waals surface area contributed by atoms with Gasteiger partial charge >= 0.3 is 42.7 Å². The van der Waals surface area contributed by atoms with E-state index in [9.17, 15) is 62.2 Å². The summed E-state index contributed by atoms with van der Waals surface area (Å²) in [5, 5.41) is 10.0. The average molecular weight is 1240 g/mol. The van der Waals surface area contributed by atoms with E-state index in [-0.39, 0.29) is 64.6 Å². The van der Waals surface area contributed by atoms with Gasteiger partial charge in [0.2, 0.25) is 0 Å². The molecular formula is C39H51N15O24P4. The third-order valence-corrected chi connectivity index (χ3v) is 16.8. The van der Waals surface area contributed by atoms with E-state index in [2.05, 4.69) is 39.9 Å². The van der Waals surface area contributed by atoms with Crippen molar-refractivity contribution in [3.63, 3.8) is 0 Å². The first-order valence-electron chi connectivity index (χ1n) is 24.2. The molecule has 446 valence electrons. The van der Waals surface area contributed by atoms with Crippen molar-refractivity contribution < 1.29 is 98.4 Å². The van der Waals surface area contributed by atoms with E-state index in [1.54, 1.807) is 0 Å². The third-order valence-electron chi connectivity index (χ3n) is 13.2. The smallest absolute Gasteiger partial charge is 0.394 e. The topological polar surface area (TPSA) is 546 Å². The largest absolute Gasteiger partial charge is 0.472 e. The van der Waals surface area contributed by atoms with Gasteiger partial charge in [-0.3, -0.25) is 59.7 Å². The molecule has 0 aromatic carbocycles. The number of phosphoric acid groups is 4. The maximum atomic E-state index is 14.1. The Balaban J connectivity index is 0.848. The molecule has 4 saturated heterocycles. The van der Waals surface area contributed by atoms with Gasteiger partial charge in [-0.2, -0.15) is 4.98 Å². The van der Waals surface area contributed by atoms with Crippen molar-refractivity contribution in [2.75, 3.05) is 43.6 Å². The summed E-state index contributed by atoms with van der Waals surface area (Å²) in [4.78, 5) is 120. The number of fused-ring (bicyclic) bond motifs is 2. The second-order valence-electron chi connectivity index (χ2n) is 18.7. The molecule has 0 saturated carbocycles. The maximum absolute atomic E-state index is 14.1. The van der Waals surface area contributed by atoms with Crippen molar-refractivity contribution in [1.29, 1.82) is 0 Å². The van der Waals surface area contributed by atoms with Gasteiger partial charge in [0, 0.05) is 43.6 Å². The predicted molar refractivity (Wildman–Crippen MR) is 269 cm³/mol. The van der Waals surface area contributed by atoms with Crippen molar-refractivity contribution >= 4 is 71.1 Å². The number of rotatable bonds is 22. The lowest BCUT2D eigenvalue weighted by atomic mass is 10.2. The summed E-state index contributed by atoms with van der Waals surface area (Å²) >= 11 is 0. The molecule has 3 unspecified atom stereocenters. The van der Waals surface area contributed by atoms with Gasteiger partial charge in [-0.05, 0) is 13.0 Å². The minimum absolute atomic E-state index is 0.00462. The van der Waals surface area contributed by atoms with Gasteiger partial charge < -0.3 is 65.7 Å². The molecule has 4 fully saturated rings. The molecule has 0 aliphatic carbocycles. The van der Waals surface area contributed by atoms with E-state index >= 15 is 0 Å². The zero-order valence-electron chi connectivity index (χ0n) is 42.1. The molecule has 4 aliphatic heterocycles. The Morgan fingerprint density at radius 1 is 0.598 bits per heavy atom. The minimum atomic E-state index is -5.38. The first-order valence-corrected chi connectivity index (χ1v) is 30.2. The normalized spacial score (nSPS) is 29.1. The van der Waals surface area contributed by atoms with Crippen molar-refractivity contribution in [2.45, 2.75) is 106 Å². The van der Waals surface area contributed by atoms with Gasteiger partial charge in [-0.25, -0.2) is 57.8 Å². The maximum Gasteiger partial charge on any atom is 0.472 e. The molecular weight excluding hydrogens is 1190 g/mol. The first kappa shape index (κ1) is 59.5. The van der Waals surface area contributed by atoms with Crippen LogP contribution in [0.15, 0.2) is 58.2 Å². The lowest BCUT2D eigenvalue weighted by molar-refractivity contribution is -0.0624. The number of hydrogen-bond donors (Lipinski definition) is 10. The molecule has 4 aliphatic rings. The molecule has 15 atom stereocenters. The highest BCUT2D eigenvalue weighted by molar-refractivity contribution is 7.48. The number of anilines is 3. The predicted octanol–water partition coefficient (Wildman–Crippen LogP) is -1.34. The summed E-state index contributed by atoms with van der Waals surface area (Å²) in [6.45, 7) is -2.14. The summed E-state index contributed by atoms with van der Waals surface area (Å²) in [5.74, 6) is -0.104. The van der Waals surface area contributed by atoms with Crippen LogP contribution in [0.25, 0.3) is 22.3 Å². The minimum Gasteiger partial charge on any atom is -0.394 e. The van der Waals surface area contributed by atoms with Crippen LogP contribution in [0.2, 0.25) is 0 Å². The van der Waals surface area contributed by atoms with E-state index in [0.717, 1.165) is 28.0 Å². The van der Waals surface area contributed by atoms with Gasteiger partial charge in [0.1, 0.15) is 103 Å². The SMILES string of the molecule is Cc1cn([C@H]2C[C@H](OP(=O)(O)O)[C@@H](COP(=O)(O)O[C@H]3C[C@H](n4cnc5c(N)ncnc54)O[C@@H]3COP(=O)(O)O[C@H]3C[C@H](n4cnc5c(N)ncnc54)O[C@@H]3COP(=O)(O)O[C@H]3C[C@H](n4ccc(N)nc4=O)O[C@@H]3CO)O2)c(=O)[nH]c1=O. The van der Waals surface area contributed by atoms with Crippen LogP contribution in [0.5, 0.6) is 0 Å². The first-order chi connectivity index (χ1) is 38.7. The molecule has 10 rings (SSSR count). The van der Waals surface area contributed by atoms with E-state index in [0.29, 0.717) is 0 Å². The number of aromatic nitrogens is 12. The van der Waals surface area contributed by atoms with Crippen molar-refractivity contribution in [2.24, 2.45) is 0 Å². The van der Waals surface area contributed by atoms with Gasteiger partial charge in [0.25, 0.3) is 5.56 Å². The Bertz CT molecular complexity index is 3730. The van der Waals surface area contributed by atoms with Gasteiger partial charge in [-0.1, -0.05) is 0 Å². The number of nitrogens with two attached hydrogens (primary N) is 3. The van der Waals surface area contributed by atoms with Crippen LogP contribution in [0.3, 0.4) is 0 Å². The molecule has 0 spiro atoms. The van der Waals surface area contributed by atoms with E-state index in [4.69, 9.17) is 67.8 Å². The van der Waals surface area contributed by atoms with Gasteiger partial charge in [-0.15, -0.1) is 0 Å². The Labute approximate surface area is 457 Å². The number of hydrogen-bond acceptors (Lipinski definition) is 29. The van der Waals surface area contributed by atoms with Crippen LogP contribution in [0.1, 0.15) is 56.2 Å². The van der Waals surface area contributed by atoms with E-state index < -0.39 is 155 Å². The zero-order chi connectivity index (χ0) is 58.6. The highest BCUT2D eigenvalue weighted by Gasteiger charge is 2.49. The van der Waals surface area contributed by atoms with Crippen molar-refractivity contribution in [1.82, 2.24) is 58.1 Å². The fraction of sp³-hybridized carbons (Fsp3) is 0.538. The number of imidazole rings is 2. The number of phosphoric ester groups is 4. The second-order valence-corrected chi connectivity index (χ2v) is 24.1. The fourth-order valence-corrected chi connectivity index (χ4v) is 12.9. The average Bonchev–Trinajstić information content (AvgIpc) is 3.86. The van der Waals surface area contributed by atoms with Crippen molar-refractivity contribution in [3.05, 3.63) is 80.7 Å². The van der Waals surface area contributed by atoms with Crippen LogP contribution in [0.4, 0.5) is 17.5 Å². The Kier molecular flexibility index (Phi) is 17.0. The molecule has 10 heterocycles. The van der Waals surface area contributed by atoms with Crippen LogP contribution >= 0.6 is 31.3 Å². The molecule has 6 aromatic heterocycles. The van der Waals surface area contributed by atoms with Crippen LogP contribution in [-0.4, -0.2) is 163 Å². The molecule has 39 nitrogen and oxygen atoms in total. The highest BCUT2D eigenvalue weighted by atomic mass is 31.2.